The van der Waals surface area contributed by atoms with Gasteiger partial charge in [-0.1, -0.05) is 50.6 Å². The number of rotatable bonds is 5. The van der Waals surface area contributed by atoms with E-state index in [0.29, 0.717) is 29.6 Å². The molecule has 2 aliphatic heterocycles. The maximum absolute atomic E-state index is 12.9. The third kappa shape index (κ3) is 4.63. The van der Waals surface area contributed by atoms with Crippen LogP contribution < -0.4 is 5.32 Å². The lowest BCUT2D eigenvalue weighted by atomic mass is 9.78. The van der Waals surface area contributed by atoms with E-state index >= 15 is 0 Å². The van der Waals surface area contributed by atoms with Gasteiger partial charge in [-0.05, 0) is 61.6 Å². The molecule has 1 aromatic carbocycles. The van der Waals surface area contributed by atoms with Crippen molar-refractivity contribution < 1.29 is 4.79 Å². The molecule has 0 bridgehead atoms. The van der Waals surface area contributed by atoms with E-state index in [9.17, 15) is 4.79 Å². The van der Waals surface area contributed by atoms with Gasteiger partial charge in [-0.2, -0.15) is 0 Å². The van der Waals surface area contributed by atoms with Crippen molar-refractivity contribution in [2.24, 2.45) is 17.8 Å². The number of likely N-dealkylation sites (tertiary alicyclic amines) is 1. The molecule has 2 saturated heterocycles. The molecule has 4 atom stereocenters. The second-order valence-corrected chi connectivity index (χ2v) is 8.10. The van der Waals surface area contributed by atoms with Crippen LogP contribution >= 0.6 is 0 Å². The zero-order valence-corrected chi connectivity index (χ0v) is 15.9. The van der Waals surface area contributed by atoms with E-state index in [0.717, 1.165) is 45.4 Å². The van der Waals surface area contributed by atoms with Gasteiger partial charge in [-0.15, -0.1) is 0 Å². The van der Waals surface area contributed by atoms with Gasteiger partial charge in [0, 0.05) is 19.5 Å². The summed E-state index contributed by atoms with van der Waals surface area (Å²) < 4.78 is 0. The van der Waals surface area contributed by atoms with E-state index in [1.807, 2.05) is 0 Å². The topological polar surface area (TPSA) is 32.3 Å². The fourth-order valence-corrected chi connectivity index (χ4v) is 4.75. The molecule has 3 nitrogen and oxygen atoms in total. The minimum Gasteiger partial charge on any atom is -0.342 e. The Morgan fingerprint density at radius 3 is 2.76 bits per heavy atom. The first-order valence-electron chi connectivity index (χ1n) is 10.2. The van der Waals surface area contributed by atoms with Crippen LogP contribution in [0, 0.1) is 17.8 Å². The number of amides is 1. The van der Waals surface area contributed by atoms with Crippen LogP contribution in [0.2, 0.25) is 0 Å². The predicted molar refractivity (Wildman–Crippen MR) is 104 cm³/mol. The lowest BCUT2D eigenvalue weighted by Crippen LogP contribution is -2.44. The Morgan fingerprint density at radius 1 is 1.28 bits per heavy atom. The molecular weight excluding hydrogens is 308 g/mol. The van der Waals surface area contributed by atoms with Crippen LogP contribution in [-0.4, -0.2) is 37.0 Å². The Labute approximate surface area is 153 Å². The standard InChI is InChI=1S/C22H34N2O/c1-3-18-16-24(13-11-21(18)19-8-5-4-6-9-19)22(25)14-17(2)20-10-7-12-23-15-20/h4-6,8-9,17-18,20-21,23H,3,7,10-16H2,1-2H3. The minimum absolute atomic E-state index is 0.378. The summed E-state index contributed by atoms with van der Waals surface area (Å²) in [6.07, 6.45) is 5.50. The van der Waals surface area contributed by atoms with Crippen LogP contribution in [0.25, 0.3) is 0 Å². The molecule has 0 aliphatic carbocycles. The quantitative estimate of drug-likeness (QED) is 0.875. The van der Waals surface area contributed by atoms with Crippen molar-refractivity contribution >= 4 is 5.91 Å². The van der Waals surface area contributed by atoms with Gasteiger partial charge in [-0.25, -0.2) is 0 Å². The Bertz CT molecular complexity index is 538. The smallest absolute Gasteiger partial charge is 0.222 e. The Morgan fingerprint density at radius 2 is 2.08 bits per heavy atom. The highest BCUT2D eigenvalue weighted by molar-refractivity contribution is 5.76. The molecule has 0 aromatic heterocycles. The monoisotopic (exact) mass is 342 g/mol. The molecule has 0 radical (unpaired) electrons. The molecule has 1 aromatic rings. The summed E-state index contributed by atoms with van der Waals surface area (Å²) in [7, 11) is 0. The maximum Gasteiger partial charge on any atom is 0.222 e. The molecule has 3 rings (SSSR count). The molecule has 1 amide bonds. The van der Waals surface area contributed by atoms with Gasteiger partial charge in [0.05, 0.1) is 0 Å². The Balaban J connectivity index is 1.56. The summed E-state index contributed by atoms with van der Waals surface area (Å²) in [5.41, 5.74) is 1.45. The van der Waals surface area contributed by atoms with Gasteiger partial charge in [0.25, 0.3) is 0 Å². The SMILES string of the molecule is CCC1CN(C(=O)CC(C)C2CCCNC2)CCC1c1ccccc1. The summed E-state index contributed by atoms with van der Waals surface area (Å²) in [6, 6.07) is 10.9. The number of hydrogen-bond donors (Lipinski definition) is 1. The van der Waals surface area contributed by atoms with Crippen molar-refractivity contribution in [1.29, 1.82) is 0 Å². The zero-order chi connectivity index (χ0) is 17.6. The lowest BCUT2D eigenvalue weighted by Gasteiger charge is -2.39. The average Bonchev–Trinajstić information content (AvgIpc) is 2.68. The molecule has 2 heterocycles. The van der Waals surface area contributed by atoms with Crippen LogP contribution in [-0.2, 0) is 4.79 Å². The van der Waals surface area contributed by atoms with Crippen molar-refractivity contribution in [2.75, 3.05) is 26.2 Å². The number of carbonyl (C=O) groups is 1. The molecule has 1 N–H and O–H groups in total. The summed E-state index contributed by atoms with van der Waals surface area (Å²) in [6.45, 7) is 8.62. The molecule has 4 unspecified atom stereocenters. The van der Waals surface area contributed by atoms with Gasteiger partial charge in [-0.3, -0.25) is 4.79 Å². The maximum atomic E-state index is 12.9. The van der Waals surface area contributed by atoms with Crippen LogP contribution in [0.5, 0.6) is 0 Å². The second kappa shape index (κ2) is 8.84. The van der Waals surface area contributed by atoms with E-state index in [4.69, 9.17) is 0 Å². The van der Waals surface area contributed by atoms with Crippen LogP contribution in [0.1, 0.15) is 57.4 Å². The zero-order valence-electron chi connectivity index (χ0n) is 15.9. The molecule has 0 saturated carbocycles. The van der Waals surface area contributed by atoms with Gasteiger partial charge < -0.3 is 10.2 Å². The van der Waals surface area contributed by atoms with Crippen LogP contribution in [0.3, 0.4) is 0 Å². The first kappa shape index (κ1) is 18.4. The molecule has 2 aliphatic rings. The molecule has 3 heteroatoms. The van der Waals surface area contributed by atoms with Gasteiger partial charge in [0.1, 0.15) is 0 Å². The van der Waals surface area contributed by atoms with Crippen molar-refractivity contribution in [3.05, 3.63) is 35.9 Å². The normalized spacial score (nSPS) is 28.6. The summed E-state index contributed by atoms with van der Waals surface area (Å²) in [4.78, 5) is 15.0. The molecule has 138 valence electrons. The van der Waals surface area contributed by atoms with Crippen molar-refractivity contribution in [3.63, 3.8) is 0 Å². The fraction of sp³-hybridized carbons (Fsp3) is 0.682. The highest BCUT2D eigenvalue weighted by Gasteiger charge is 2.32. The number of nitrogens with zero attached hydrogens (tertiary/aromatic N) is 1. The lowest BCUT2D eigenvalue weighted by molar-refractivity contribution is -0.134. The molecule has 0 spiro atoms. The number of piperidine rings is 2. The van der Waals surface area contributed by atoms with Crippen LogP contribution in [0.15, 0.2) is 30.3 Å². The molecule has 25 heavy (non-hydrogen) atoms. The average molecular weight is 343 g/mol. The van der Waals surface area contributed by atoms with Gasteiger partial charge >= 0.3 is 0 Å². The predicted octanol–water partition coefficient (Wildman–Crippen LogP) is 4.05. The van der Waals surface area contributed by atoms with Crippen molar-refractivity contribution in [2.45, 2.75) is 51.9 Å². The second-order valence-electron chi connectivity index (χ2n) is 8.10. The Hall–Kier alpha value is -1.35. The van der Waals surface area contributed by atoms with Gasteiger partial charge in [0.2, 0.25) is 5.91 Å². The van der Waals surface area contributed by atoms with Gasteiger partial charge in [0.15, 0.2) is 0 Å². The number of nitrogens with one attached hydrogen (secondary N) is 1. The Kier molecular flexibility index (Phi) is 6.52. The largest absolute Gasteiger partial charge is 0.342 e. The van der Waals surface area contributed by atoms with E-state index in [1.54, 1.807) is 0 Å². The minimum atomic E-state index is 0.378. The number of hydrogen-bond acceptors (Lipinski definition) is 2. The first-order valence-corrected chi connectivity index (χ1v) is 10.2. The van der Waals surface area contributed by atoms with Crippen LogP contribution in [0.4, 0.5) is 0 Å². The van der Waals surface area contributed by atoms with E-state index < -0.39 is 0 Å². The van der Waals surface area contributed by atoms with E-state index in [1.165, 1.54) is 18.4 Å². The third-order valence-corrected chi connectivity index (χ3v) is 6.48. The summed E-state index contributed by atoms with van der Waals surface area (Å²) in [5.74, 6) is 2.73. The van der Waals surface area contributed by atoms with E-state index in [-0.39, 0.29) is 0 Å². The van der Waals surface area contributed by atoms with Crippen molar-refractivity contribution in [1.82, 2.24) is 10.2 Å². The number of carbonyl (C=O) groups excluding carboxylic acids is 1. The summed E-state index contributed by atoms with van der Waals surface area (Å²) >= 11 is 0. The fourth-order valence-electron chi connectivity index (χ4n) is 4.75. The first-order chi connectivity index (χ1) is 12.2. The summed E-state index contributed by atoms with van der Waals surface area (Å²) in [5, 5.41) is 3.48. The number of benzene rings is 1. The highest BCUT2D eigenvalue weighted by Crippen LogP contribution is 2.35. The van der Waals surface area contributed by atoms with E-state index in [2.05, 4.69) is 54.4 Å². The molecular formula is C22H34N2O. The van der Waals surface area contributed by atoms with Crippen molar-refractivity contribution in [3.8, 4) is 0 Å². The highest BCUT2D eigenvalue weighted by atomic mass is 16.2. The molecule has 2 fully saturated rings. The third-order valence-electron chi connectivity index (χ3n) is 6.48.